The maximum Gasteiger partial charge on any atom is 0.316 e. The third-order valence-corrected chi connectivity index (χ3v) is 5.43. The highest BCUT2D eigenvalue weighted by atomic mass is 32.2. The van der Waals surface area contributed by atoms with Gasteiger partial charge in [0.05, 0.1) is 11.6 Å². The summed E-state index contributed by atoms with van der Waals surface area (Å²) in [6.45, 7) is 2.89. The lowest BCUT2D eigenvalue weighted by atomic mass is 10.0. The van der Waals surface area contributed by atoms with E-state index in [1.807, 2.05) is 17.0 Å². The molecule has 7 nitrogen and oxygen atoms in total. The number of carbonyl (C=O) groups is 2. The number of likely N-dealkylation sites (tertiary alicyclic amines) is 1. The van der Waals surface area contributed by atoms with Crippen molar-refractivity contribution in [2.45, 2.75) is 36.0 Å². The predicted octanol–water partition coefficient (Wildman–Crippen LogP) is 2.32. The van der Waals surface area contributed by atoms with E-state index in [-0.39, 0.29) is 11.9 Å². The van der Waals surface area contributed by atoms with E-state index in [0.717, 1.165) is 12.8 Å². The van der Waals surface area contributed by atoms with E-state index in [0.29, 0.717) is 23.5 Å². The third-order valence-electron chi connectivity index (χ3n) is 4.26. The Morgan fingerprint density at radius 1 is 1.36 bits per heavy atom. The molecule has 1 fully saturated rings. The number of thioether (sulfide) groups is 1. The highest BCUT2D eigenvalue weighted by molar-refractivity contribution is 8.00. The number of benzene rings is 1. The van der Waals surface area contributed by atoms with Gasteiger partial charge in [-0.2, -0.15) is 5.10 Å². The quantitative estimate of drug-likeness (QED) is 0.823. The predicted molar refractivity (Wildman–Crippen MR) is 93.6 cm³/mol. The number of aliphatic carboxylic acids is 1. The third kappa shape index (κ3) is 4.01. The van der Waals surface area contributed by atoms with Crippen LogP contribution in [0.1, 0.15) is 36.2 Å². The number of carboxylic acids is 1. The highest BCUT2D eigenvalue weighted by Gasteiger charge is 2.27. The SMILES string of the molecule is CC(Sc1ccccc1C(=O)N1CCCC(n2cncn2)C1)C(=O)O. The van der Waals surface area contributed by atoms with Crippen LogP contribution in [0.2, 0.25) is 0 Å². The number of piperidine rings is 1. The molecule has 1 N–H and O–H groups in total. The van der Waals surface area contributed by atoms with Crippen LogP contribution in [0.4, 0.5) is 0 Å². The second-order valence-corrected chi connectivity index (χ2v) is 7.40. The Balaban J connectivity index is 1.77. The molecule has 0 radical (unpaired) electrons. The Morgan fingerprint density at radius 2 is 2.16 bits per heavy atom. The molecule has 25 heavy (non-hydrogen) atoms. The molecule has 2 heterocycles. The van der Waals surface area contributed by atoms with Crippen LogP contribution in [0.25, 0.3) is 0 Å². The van der Waals surface area contributed by atoms with Gasteiger partial charge in [-0.15, -0.1) is 11.8 Å². The molecule has 1 aromatic carbocycles. The smallest absolute Gasteiger partial charge is 0.316 e. The number of carbonyl (C=O) groups excluding carboxylic acids is 1. The van der Waals surface area contributed by atoms with Crippen LogP contribution < -0.4 is 0 Å². The number of nitrogens with zero attached hydrogens (tertiary/aromatic N) is 4. The normalized spacial score (nSPS) is 18.8. The average molecular weight is 360 g/mol. The minimum atomic E-state index is -0.892. The van der Waals surface area contributed by atoms with Crippen molar-refractivity contribution >= 4 is 23.6 Å². The molecule has 2 unspecified atom stereocenters. The summed E-state index contributed by atoms with van der Waals surface area (Å²) >= 11 is 1.19. The Bertz CT molecular complexity index is 750. The van der Waals surface area contributed by atoms with Crippen LogP contribution in [-0.4, -0.2) is 55.0 Å². The van der Waals surface area contributed by atoms with Gasteiger partial charge in [0.15, 0.2) is 0 Å². The summed E-state index contributed by atoms with van der Waals surface area (Å²) in [7, 11) is 0. The lowest BCUT2D eigenvalue weighted by molar-refractivity contribution is -0.136. The topological polar surface area (TPSA) is 88.3 Å². The zero-order valence-corrected chi connectivity index (χ0v) is 14.7. The average Bonchev–Trinajstić information content (AvgIpc) is 3.16. The van der Waals surface area contributed by atoms with Crippen molar-refractivity contribution in [3.05, 3.63) is 42.5 Å². The fraction of sp³-hybridized carbons (Fsp3) is 0.412. The van der Waals surface area contributed by atoms with Gasteiger partial charge >= 0.3 is 5.97 Å². The monoisotopic (exact) mass is 360 g/mol. The molecule has 0 spiro atoms. The van der Waals surface area contributed by atoms with Crippen molar-refractivity contribution in [3.8, 4) is 0 Å². The Hall–Kier alpha value is -2.35. The van der Waals surface area contributed by atoms with Gasteiger partial charge in [0.1, 0.15) is 17.9 Å². The Kier molecular flexibility index (Phi) is 5.37. The van der Waals surface area contributed by atoms with E-state index in [1.54, 1.807) is 30.1 Å². The van der Waals surface area contributed by atoms with E-state index >= 15 is 0 Å². The second-order valence-electron chi connectivity index (χ2n) is 6.02. The van der Waals surface area contributed by atoms with Crippen molar-refractivity contribution in [1.82, 2.24) is 19.7 Å². The van der Waals surface area contributed by atoms with Gasteiger partial charge in [-0.25, -0.2) is 9.67 Å². The molecule has 132 valence electrons. The summed E-state index contributed by atoms with van der Waals surface area (Å²) < 4.78 is 1.80. The van der Waals surface area contributed by atoms with Gasteiger partial charge < -0.3 is 10.0 Å². The van der Waals surface area contributed by atoms with Crippen LogP contribution in [-0.2, 0) is 4.79 Å². The summed E-state index contributed by atoms with van der Waals surface area (Å²) in [6.07, 6.45) is 5.04. The molecule has 2 atom stereocenters. The molecule has 1 saturated heterocycles. The van der Waals surface area contributed by atoms with Crippen molar-refractivity contribution < 1.29 is 14.7 Å². The van der Waals surface area contributed by atoms with Crippen molar-refractivity contribution in [2.24, 2.45) is 0 Å². The van der Waals surface area contributed by atoms with E-state index < -0.39 is 11.2 Å². The van der Waals surface area contributed by atoms with Crippen LogP contribution in [0, 0.1) is 0 Å². The van der Waals surface area contributed by atoms with Crippen LogP contribution in [0.5, 0.6) is 0 Å². The molecule has 3 rings (SSSR count). The van der Waals surface area contributed by atoms with Crippen LogP contribution >= 0.6 is 11.8 Å². The molecule has 2 aromatic rings. The van der Waals surface area contributed by atoms with E-state index in [4.69, 9.17) is 5.11 Å². The standard InChI is InChI=1S/C17H20N4O3S/c1-12(17(23)24)25-15-7-3-2-6-14(15)16(22)20-8-4-5-13(9-20)21-11-18-10-19-21/h2-3,6-7,10-13H,4-5,8-9H2,1H3,(H,23,24). The van der Waals surface area contributed by atoms with Gasteiger partial charge in [0, 0.05) is 18.0 Å². The zero-order chi connectivity index (χ0) is 17.8. The van der Waals surface area contributed by atoms with Crippen molar-refractivity contribution in [2.75, 3.05) is 13.1 Å². The number of amides is 1. The minimum Gasteiger partial charge on any atom is -0.480 e. The van der Waals surface area contributed by atoms with Crippen LogP contribution in [0.15, 0.2) is 41.8 Å². The molecular formula is C17H20N4O3S. The molecule has 0 aliphatic carbocycles. The molecule has 1 amide bonds. The molecule has 8 heteroatoms. The van der Waals surface area contributed by atoms with E-state index in [2.05, 4.69) is 10.1 Å². The number of hydrogen-bond donors (Lipinski definition) is 1. The maximum absolute atomic E-state index is 13.0. The van der Waals surface area contributed by atoms with Gasteiger partial charge in [-0.1, -0.05) is 12.1 Å². The van der Waals surface area contributed by atoms with Gasteiger partial charge in [-0.05, 0) is 31.9 Å². The first-order valence-electron chi connectivity index (χ1n) is 8.18. The van der Waals surface area contributed by atoms with Crippen LogP contribution in [0.3, 0.4) is 0 Å². The fourth-order valence-corrected chi connectivity index (χ4v) is 3.84. The first-order valence-corrected chi connectivity index (χ1v) is 9.06. The molecule has 1 aromatic heterocycles. The van der Waals surface area contributed by atoms with E-state index in [9.17, 15) is 9.59 Å². The first kappa shape index (κ1) is 17.5. The largest absolute Gasteiger partial charge is 0.480 e. The molecule has 0 saturated carbocycles. The Morgan fingerprint density at radius 3 is 2.88 bits per heavy atom. The summed E-state index contributed by atoms with van der Waals surface area (Å²) in [4.78, 5) is 30.6. The number of hydrogen-bond acceptors (Lipinski definition) is 5. The van der Waals surface area contributed by atoms with Gasteiger partial charge in [0.2, 0.25) is 0 Å². The lowest BCUT2D eigenvalue weighted by Gasteiger charge is -2.33. The molecule has 0 bridgehead atoms. The molecule has 1 aliphatic rings. The first-order chi connectivity index (χ1) is 12.1. The Labute approximate surface area is 150 Å². The number of rotatable bonds is 5. The minimum absolute atomic E-state index is 0.0643. The zero-order valence-electron chi connectivity index (χ0n) is 13.9. The summed E-state index contributed by atoms with van der Waals surface area (Å²) in [5.41, 5.74) is 0.555. The summed E-state index contributed by atoms with van der Waals surface area (Å²) in [5, 5.41) is 12.7. The molecular weight excluding hydrogens is 340 g/mol. The maximum atomic E-state index is 13.0. The lowest BCUT2D eigenvalue weighted by Crippen LogP contribution is -2.41. The van der Waals surface area contributed by atoms with Crippen molar-refractivity contribution in [1.29, 1.82) is 0 Å². The summed E-state index contributed by atoms with van der Waals surface area (Å²) in [5.74, 6) is -0.957. The van der Waals surface area contributed by atoms with Gasteiger partial charge in [-0.3, -0.25) is 9.59 Å². The second kappa shape index (κ2) is 7.69. The fourth-order valence-electron chi connectivity index (χ4n) is 2.92. The highest BCUT2D eigenvalue weighted by Crippen LogP contribution is 2.29. The van der Waals surface area contributed by atoms with E-state index in [1.165, 1.54) is 18.1 Å². The summed E-state index contributed by atoms with van der Waals surface area (Å²) in [6, 6.07) is 7.32. The van der Waals surface area contributed by atoms with Gasteiger partial charge in [0.25, 0.3) is 5.91 Å². The number of carboxylic acid groups (broad SMARTS) is 1. The number of aromatic nitrogens is 3. The molecule has 1 aliphatic heterocycles. The van der Waals surface area contributed by atoms with Crippen molar-refractivity contribution in [3.63, 3.8) is 0 Å².